The molecule has 1 rings (SSSR count). The molecule has 2 heteroatoms. The van der Waals surface area contributed by atoms with Gasteiger partial charge in [-0.15, -0.1) is 0 Å². The maximum atomic E-state index is 5.44. The first-order chi connectivity index (χ1) is 4.72. The van der Waals surface area contributed by atoms with Crippen molar-refractivity contribution in [2.24, 2.45) is 0 Å². The largest absolute Gasteiger partial charge is 0.377 e. The second-order valence-electron chi connectivity index (χ2n) is 2.84. The fraction of sp³-hybridized carbons (Fsp3) is 0.750. The van der Waals surface area contributed by atoms with Crippen molar-refractivity contribution in [1.82, 2.24) is 0 Å². The summed E-state index contributed by atoms with van der Waals surface area (Å²) in [6.07, 6.45) is 2.64. The lowest BCUT2D eigenvalue weighted by Gasteiger charge is -2.16. The van der Waals surface area contributed by atoms with Crippen molar-refractivity contribution in [1.29, 1.82) is 0 Å². The summed E-state index contributed by atoms with van der Waals surface area (Å²) in [7, 11) is 0. The predicted molar refractivity (Wildman–Crippen MR) is 46.6 cm³/mol. The number of hydrogen-bond acceptors (Lipinski definition) is 2. The van der Waals surface area contributed by atoms with Gasteiger partial charge in [0.05, 0.1) is 6.10 Å². The van der Waals surface area contributed by atoms with Gasteiger partial charge in [-0.3, -0.25) is 0 Å². The van der Waals surface area contributed by atoms with E-state index in [0.717, 1.165) is 18.6 Å². The topological polar surface area (TPSA) is 9.23 Å². The van der Waals surface area contributed by atoms with E-state index in [-0.39, 0.29) is 5.25 Å². The lowest BCUT2D eigenvalue weighted by Crippen LogP contribution is -2.20. The van der Waals surface area contributed by atoms with Gasteiger partial charge < -0.3 is 4.74 Å². The molecule has 0 bridgehead atoms. The molecule has 0 spiro atoms. The second-order valence-corrected chi connectivity index (χ2v) is 3.40. The molecule has 0 aromatic heterocycles. The molecule has 1 heterocycles. The van der Waals surface area contributed by atoms with Gasteiger partial charge in [0, 0.05) is 11.9 Å². The van der Waals surface area contributed by atoms with Crippen LogP contribution in [-0.4, -0.2) is 18.0 Å². The van der Waals surface area contributed by atoms with Crippen molar-refractivity contribution in [3.05, 3.63) is 12.2 Å². The fourth-order valence-corrected chi connectivity index (χ4v) is 1.40. The molecular weight excluding hydrogens is 144 g/mol. The Bertz CT molecular complexity index is 127. The van der Waals surface area contributed by atoms with E-state index in [0.29, 0.717) is 6.10 Å². The molecule has 0 amide bonds. The van der Waals surface area contributed by atoms with Crippen LogP contribution < -0.4 is 0 Å². The van der Waals surface area contributed by atoms with Gasteiger partial charge in [-0.25, -0.2) is 0 Å². The van der Waals surface area contributed by atoms with Gasteiger partial charge >= 0.3 is 0 Å². The van der Waals surface area contributed by atoms with Crippen LogP contribution in [-0.2, 0) is 4.74 Å². The molecule has 0 aliphatic carbocycles. The van der Waals surface area contributed by atoms with Gasteiger partial charge in [0.15, 0.2) is 0 Å². The third-order valence-electron chi connectivity index (χ3n) is 1.82. The lowest BCUT2D eigenvalue weighted by atomic mass is 10.1. The minimum Gasteiger partial charge on any atom is -0.377 e. The van der Waals surface area contributed by atoms with Crippen molar-refractivity contribution in [3.63, 3.8) is 0 Å². The molecule has 0 radical (unpaired) electrons. The van der Waals surface area contributed by atoms with E-state index in [2.05, 4.69) is 19.2 Å². The fourth-order valence-electron chi connectivity index (χ4n) is 1.17. The Morgan fingerprint density at radius 1 is 1.80 bits per heavy atom. The van der Waals surface area contributed by atoms with E-state index in [9.17, 15) is 0 Å². The highest BCUT2D eigenvalue weighted by molar-refractivity contribution is 7.81. The molecule has 1 aliphatic rings. The molecule has 1 saturated heterocycles. The normalized spacial score (nSPS) is 28.4. The summed E-state index contributed by atoms with van der Waals surface area (Å²) in [6, 6.07) is 0. The summed E-state index contributed by atoms with van der Waals surface area (Å²) in [4.78, 5) is 0. The first-order valence-corrected chi connectivity index (χ1v) is 4.18. The molecule has 1 fully saturated rings. The van der Waals surface area contributed by atoms with Crippen molar-refractivity contribution in [2.75, 3.05) is 6.61 Å². The van der Waals surface area contributed by atoms with E-state index < -0.39 is 0 Å². The highest BCUT2D eigenvalue weighted by Gasteiger charge is 2.22. The molecule has 1 aliphatic heterocycles. The predicted octanol–water partition coefficient (Wildman–Crippen LogP) is 2.04. The molecule has 2 unspecified atom stereocenters. The Hall–Kier alpha value is 0.0500. The van der Waals surface area contributed by atoms with E-state index >= 15 is 0 Å². The van der Waals surface area contributed by atoms with Gasteiger partial charge in [0.1, 0.15) is 0 Å². The quantitative estimate of drug-likeness (QED) is 0.478. The molecule has 0 aromatic carbocycles. The average Bonchev–Trinajstić information content (AvgIpc) is 2.36. The SMILES string of the molecule is C=C(C)C(S)C1CCCO1. The molecular formula is C8H14OS. The molecule has 2 atom stereocenters. The van der Waals surface area contributed by atoms with Gasteiger partial charge in [0.25, 0.3) is 0 Å². The van der Waals surface area contributed by atoms with Crippen LogP contribution in [0.4, 0.5) is 0 Å². The van der Waals surface area contributed by atoms with Gasteiger partial charge in [-0.1, -0.05) is 12.2 Å². The maximum absolute atomic E-state index is 5.44. The monoisotopic (exact) mass is 158 g/mol. The molecule has 10 heavy (non-hydrogen) atoms. The Morgan fingerprint density at radius 2 is 2.50 bits per heavy atom. The minimum absolute atomic E-state index is 0.238. The van der Waals surface area contributed by atoms with E-state index in [1.165, 1.54) is 6.42 Å². The number of hydrogen-bond donors (Lipinski definition) is 1. The van der Waals surface area contributed by atoms with Crippen LogP contribution in [0, 0.1) is 0 Å². The lowest BCUT2D eigenvalue weighted by molar-refractivity contribution is 0.115. The highest BCUT2D eigenvalue weighted by Crippen LogP contribution is 2.23. The van der Waals surface area contributed by atoms with Crippen LogP contribution in [0.5, 0.6) is 0 Å². The maximum Gasteiger partial charge on any atom is 0.0729 e. The Balaban J connectivity index is 2.39. The third-order valence-corrected chi connectivity index (χ3v) is 2.60. The Kier molecular flexibility index (Phi) is 2.81. The van der Waals surface area contributed by atoms with E-state index in [1.54, 1.807) is 0 Å². The number of thiol groups is 1. The second kappa shape index (κ2) is 3.44. The van der Waals surface area contributed by atoms with E-state index in [1.807, 2.05) is 6.92 Å². The Labute approximate surface area is 67.9 Å². The highest BCUT2D eigenvalue weighted by atomic mass is 32.1. The van der Waals surface area contributed by atoms with Crippen LogP contribution in [0.1, 0.15) is 19.8 Å². The summed E-state index contributed by atoms with van der Waals surface area (Å²) in [5, 5.41) is 0.238. The van der Waals surface area contributed by atoms with Crippen molar-refractivity contribution in [2.45, 2.75) is 31.1 Å². The smallest absolute Gasteiger partial charge is 0.0729 e. The van der Waals surface area contributed by atoms with Crippen LogP contribution in [0.2, 0.25) is 0 Å². The zero-order valence-electron chi connectivity index (χ0n) is 6.34. The average molecular weight is 158 g/mol. The number of ether oxygens (including phenoxy) is 1. The van der Waals surface area contributed by atoms with Gasteiger partial charge in [-0.2, -0.15) is 12.6 Å². The Morgan fingerprint density at radius 3 is 2.90 bits per heavy atom. The zero-order valence-corrected chi connectivity index (χ0v) is 7.23. The summed E-state index contributed by atoms with van der Waals surface area (Å²) >= 11 is 4.40. The van der Waals surface area contributed by atoms with Crippen LogP contribution in [0.25, 0.3) is 0 Å². The summed E-state index contributed by atoms with van der Waals surface area (Å²) in [5.74, 6) is 0. The zero-order chi connectivity index (χ0) is 7.56. The summed E-state index contributed by atoms with van der Waals surface area (Å²) in [5.41, 5.74) is 1.11. The van der Waals surface area contributed by atoms with Gasteiger partial charge in [-0.05, 0) is 19.8 Å². The van der Waals surface area contributed by atoms with E-state index in [4.69, 9.17) is 4.74 Å². The van der Waals surface area contributed by atoms with Crippen LogP contribution in [0.3, 0.4) is 0 Å². The van der Waals surface area contributed by atoms with Crippen LogP contribution in [0.15, 0.2) is 12.2 Å². The number of rotatable bonds is 2. The minimum atomic E-state index is 0.238. The summed E-state index contributed by atoms with van der Waals surface area (Å²) < 4.78 is 5.44. The first kappa shape index (κ1) is 8.15. The molecule has 0 saturated carbocycles. The first-order valence-electron chi connectivity index (χ1n) is 3.67. The van der Waals surface area contributed by atoms with Crippen molar-refractivity contribution < 1.29 is 4.74 Å². The summed E-state index contributed by atoms with van der Waals surface area (Å²) in [6.45, 7) is 6.74. The standard InChI is InChI=1S/C8H14OS/c1-6(2)8(10)7-4-3-5-9-7/h7-8,10H,1,3-5H2,2H3. The van der Waals surface area contributed by atoms with Crippen molar-refractivity contribution >= 4 is 12.6 Å². The van der Waals surface area contributed by atoms with Crippen LogP contribution >= 0.6 is 12.6 Å². The molecule has 0 aromatic rings. The third kappa shape index (κ3) is 1.77. The molecule has 0 N–H and O–H groups in total. The molecule has 58 valence electrons. The van der Waals surface area contributed by atoms with Gasteiger partial charge in [0.2, 0.25) is 0 Å². The molecule has 1 nitrogen and oxygen atoms in total. The van der Waals surface area contributed by atoms with Crippen molar-refractivity contribution in [3.8, 4) is 0 Å².